The lowest BCUT2D eigenvalue weighted by Gasteiger charge is -2.22. The number of nitrogens with one attached hydrogen (secondary N) is 1. The lowest BCUT2D eigenvalue weighted by atomic mass is 9.86. The molecule has 1 N–H and O–H groups in total. The van der Waals surface area contributed by atoms with E-state index < -0.39 is 11.7 Å². The summed E-state index contributed by atoms with van der Waals surface area (Å²) in [5.74, 6) is -1.17. The van der Waals surface area contributed by atoms with Crippen LogP contribution in [-0.2, 0) is 5.41 Å². The van der Waals surface area contributed by atoms with E-state index in [1.807, 2.05) is 18.2 Å². The second-order valence-corrected chi connectivity index (χ2v) is 5.58. The number of halogens is 1. The number of rotatable bonds is 2. The van der Waals surface area contributed by atoms with Crippen molar-refractivity contribution in [3.63, 3.8) is 0 Å². The molecule has 4 heteroatoms. The maximum absolute atomic E-state index is 13.6. The van der Waals surface area contributed by atoms with Gasteiger partial charge in [-0.1, -0.05) is 39.0 Å². The third kappa shape index (κ3) is 3.02. The molecular weight excluding hydrogens is 255 g/mol. The first-order valence-corrected chi connectivity index (χ1v) is 6.41. The third-order valence-corrected chi connectivity index (χ3v) is 2.96. The number of pyridine rings is 1. The molecule has 0 aliphatic carbocycles. The third-order valence-electron chi connectivity index (χ3n) is 2.96. The Morgan fingerprint density at radius 1 is 1.15 bits per heavy atom. The number of hydrogen-bond acceptors (Lipinski definition) is 2. The van der Waals surface area contributed by atoms with E-state index in [2.05, 4.69) is 31.1 Å². The topological polar surface area (TPSA) is 42.0 Å². The van der Waals surface area contributed by atoms with Crippen LogP contribution in [0.5, 0.6) is 0 Å². The number of amides is 1. The Morgan fingerprint density at radius 3 is 2.50 bits per heavy atom. The van der Waals surface area contributed by atoms with E-state index in [0.717, 1.165) is 5.56 Å². The summed E-state index contributed by atoms with van der Waals surface area (Å²) in [7, 11) is 0. The Balaban J connectivity index is 2.32. The molecule has 0 unspecified atom stereocenters. The lowest BCUT2D eigenvalue weighted by molar-refractivity contribution is 0.101. The molecule has 1 amide bonds. The molecule has 0 fully saturated rings. The summed E-state index contributed by atoms with van der Waals surface area (Å²) in [5.41, 5.74) is 1.35. The molecule has 20 heavy (non-hydrogen) atoms. The smallest absolute Gasteiger partial charge is 0.277 e. The van der Waals surface area contributed by atoms with Gasteiger partial charge in [0.1, 0.15) is 0 Å². The highest BCUT2D eigenvalue weighted by atomic mass is 19.1. The summed E-state index contributed by atoms with van der Waals surface area (Å²) in [6.07, 6.45) is 1.40. The minimum absolute atomic E-state index is 0.119. The predicted molar refractivity (Wildman–Crippen MR) is 77.3 cm³/mol. The normalized spacial score (nSPS) is 11.2. The Morgan fingerprint density at radius 2 is 1.85 bits per heavy atom. The fraction of sp³-hybridized carbons (Fsp3) is 0.250. The minimum atomic E-state index is -0.627. The van der Waals surface area contributed by atoms with Gasteiger partial charge in [-0.25, -0.2) is 9.37 Å². The number of carbonyl (C=O) groups excluding carboxylic acids is 1. The maximum Gasteiger partial charge on any atom is 0.277 e. The van der Waals surface area contributed by atoms with E-state index in [-0.39, 0.29) is 11.1 Å². The van der Waals surface area contributed by atoms with Crippen LogP contribution in [0.1, 0.15) is 36.8 Å². The Bertz CT molecular complexity index is 632. The highest BCUT2D eigenvalue weighted by Crippen LogP contribution is 2.29. The van der Waals surface area contributed by atoms with E-state index in [0.29, 0.717) is 5.69 Å². The van der Waals surface area contributed by atoms with Crippen molar-refractivity contribution in [1.82, 2.24) is 4.98 Å². The molecule has 1 aromatic carbocycles. The molecule has 0 saturated heterocycles. The summed E-state index contributed by atoms with van der Waals surface area (Å²) in [4.78, 5) is 15.9. The van der Waals surface area contributed by atoms with Crippen LogP contribution in [0.2, 0.25) is 0 Å². The highest BCUT2D eigenvalue weighted by Gasteiger charge is 2.20. The van der Waals surface area contributed by atoms with E-state index in [4.69, 9.17) is 0 Å². The zero-order chi connectivity index (χ0) is 14.8. The number of aromatic nitrogens is 1. The maximum atomic E-state index is 13.6. The zero-order valence-electron chi connectivity index (χ0n) is 11.8. The minimum Gasteiger partial charge on any atom is -0.320 e. The number of hydrogen-bond donors (Lipinski definition) is 1. The van der Waals surface area contributed by atoms with Crippen molar-refractivity contribution in [3.8, 4) is 0 Å². The van der Waals surface area contributed by atoms with Gasteiger partial charge in [0, 0.05) is 11.9 Å². The van der Waals surface area contributed by atoms with Gasteiger partial charge in [0.15, 0.2) is 11.5 Å². The molecule has 104 valence electrons. The van der Waals surface area contributed by atoms with Crippen molar-refractivity contribution in [2.24, 2.45) is 0 Å². The Kier molecular flexibility index (Phi) is 3.84. The molecule has 1 heterocycles. The first kappa shape index (κ1) is 14.2. The zero-order valence-corrected chi connectivity index (χ0v) is 11.8. The number of benzene rings is 1. The molecule has 1 aromatic heterocycles. The van der Waals surface area contributed by atoms with Gasteiger partial charge >= 0.3 is 0 Å². The van der Waals surface area contributed by atoms with E-state index in [9.17, 15) is 9.18 Å². The summed E-state index contributed by atoms with van der Waals surface area (Å²) in [6, 6.07) is 10.2. The summed E-state index contributed by atoms with van der Waals surface area (Å²) < 4.78 is 13.6. The molecule has 0 saturated carbocycles. The van der Waals surface area contributed by atoms with E-state index in [1.54, 1.807) is 6.07 Å². The molecule has 0 spiro atoms. The van der Waals surface area contributed by atoms with E-state index >= 15 is 0 Å². The molecule has 0 aliphatic rings. The summed E-state index contributed by atoms with van der Waals surface area (Å²) in [5, 5.41) is 2.73. The van der Waals surface area contributed by atoms with Crippen LogP contribution in [0.3, 0.4) is 0 Å². The van der Waals surface area contributed by atoms with Gasteiger partial charge in [-0.2, -0.15) is 0 Å². The fourth-order valence-corrected chi connectivity index (χ4v) is 1.98. The highest BCUT2D eigenvalue weighted by molar-refractivity contribution is 6.03. The standard InChI is InChI=1S/C16H17FN2O/c1-16(2,3)11-7-4-5-9-13(11)19-15(20)14-12(17)8-6-10-18-14/h4-10H,1-3H3,(H,19,20). The van der Waals surface area contributed by atoms with Crippen molar-refractivity contribution in [2.75, 3.05) is 5.32 Å². The van der Waals surface area contributed by atoms with Crippen molar-refractivity contribution in [1.29, 1.82) is 0 Å². The largest absolute Gasteiger partial charge is 0.320 e. The predicted octanol–water partition coefficient (Wildman–Crippen LogP) is 3.77. The van der Waals surface area contributed by atoms with Crippen LogP contribution >= 0.6 is 0 Å². The molecule has 0 bridgehead atoms. The van der Waals surface area contributed by atoms with Gasteiger partial charge in [0.2, 0.25) is 0 Å². The van der Waals surface area contributed by atoms with E-state index in [1.165, 1.54) is 18.3 Å². The Hall–Kier alpha value is -2.23. The van der Waals surface area contributed by atoms with Crippen LogP contribution in [-0.4, -0.2) is 10.9 Å². The number of para-hydroxylation sites is 1. The number of nitrogens with zero attached hydrogens (tertiary/aromatic N) is 1. The molecule has 3 nitrogen and oxygen atoms in total. The van der Waals surface area contributed by atoms with Crippen molar-refractivity contribution >= 4 is 11.6 Å². The van der Waals surface area contributed by atoms with Crippen molar-refractivity contribution < 1.29 is 9.18 Å². The molecule has 2 aromatic rings. The first-order chi connectivity index (χ1) is 9.39. The molecule has 0 atom stereocenters. The van der Waals surface area contributed by atoms with Crippen LogP contribution in [0, 0.1) is 5.82 Å². The SMILES string of the molecule is CC(C)(C)c1ccccc1NC(=O)c1ncccc1F. The van der Waals surface area contributed by atoms with Crippen molar-refractivity contribution in [2.45, 2.75) is 26.2 Å². The van der Waals surface area contributed by atoms with Crippen LogP contribution in [0.4, 0.5) is 10.1 Å². The van der Waals surface area contributed by atoms with Crippen LogP contribution < -0.4 is 5.32 Å². The monoisotopic (exact) mass is 272 g/mol. The number of anilines is 1. The molecule has 0 radical (unpaired) electrons. The number of carbonyl (C=O) groups is 1. The van der Waals surface area contributed by atoms with Gasteiger partial charge in [0.05, 0.1) is 0 Å². The lowest BCUT2D eigenvalue weighted by Crippen LogP contribution is -2.20. The fourth-order valence-electron chi connectivity index (χ4n) is 1.98. The van der Waals surface area contributed by atoms with Crippen molar-refractivity contribution in [3.05, 3.63) is 59.7 Å². The average molecular weight is 272 g/mol. The van der Waals surface area contributed by atoms with Crippen LogP contribution in [0.15, 0.2) is 42.6 Å². The summed E-state index contributed by atoms with van der Waals surface area (Å²) >= 11 is 0. The Labute approximate surface area is 117 Å². The quantitative estimate of drug-likeness (QED) is 0.904. The molecule has 0 aliphatic heterocycles. The van der Waals surface area contributed by atoms with Gasteiger partial charge < -0.3 is 5.32 Å². The van der Waals surface area contributed by atoms with Gasteiger partial charge in [-0.05, 0) is 29.2 Å². The first-order valence-electron chi connectivity index (χ1n) is 6.41. The van der Waals surface area contributed by atoms with Gasteiger partial charge in [-0.15, -0.1) is 0 Å². The second-order valence-electron chi connectivity index (χ2n) is 5.58. The second kappa shape index (κ2) is 5.41. The average Bonchev–Trinajstić information content (AvgIpc) is 2.38. The molecular formula is C16H17FN2O. The summed E-state index contributed by atoms with van der Waals surface area (Å²) in [6.45, 7) is 6.16. The van der Waals surface area contributed by atoms with Gasteiger partial charge in [-0.3, -0.25) is 4.79 Å². The van der Waals surface area contributed by atoms with Crippen LogP contribution in [0.25, 0.3) is 0 Å². The molecule has 2 rings (SSSR count). The van der Waals surface area contributed by atoms with Gasteiger partial charge in [0.25, 0.3) is 5.91 Å².